The van der Waals surface area contributed by atoms with Crippen molar-refractivity contribution in [3.63, 3.8) is 0 Å². The first-order valence-corrected chi connectivity index (χ1v) is 6.39. The maximum absolute atomic E-state index is 11.3. The quantitative estimate of drug-likeness (QED) is 0.650. The van der Waals surface area contributed by atoms with Gasteiger partial charge in [-0.1, -0.05) is 26.0 Å². The molecule has 0 saturated heterocycles. The zero-order chi connectivity index (χ0) is 14.3. The van der Waals surface area contributed by atoms with Crippen LogP contribution in [0.1, 0.15) is 19.4 Å². The van der Waals surface area contributed by atoms with Gasteiger partial charge in [0.25, 0.3) is 0 Å². The van der Waals surface area contributed by atoms with Crippen LogP contribution in [-0.4, -0.2) is 31.2 Å². The van der Waals surface area contributed by atoms with Crippen molar-refractivity contribution in [3.8, 4) is 11.5 Å². The molecular weight excluding hydrogens is 244 g/mol. The van der Waals surface area contributed by atoms with Gasteiger partial charge in [-0.3, -0.25) is 4.79 Å². The van der Waals surface area contributed by atoms with Crippen molar-refractivity contribution in [2.24, 2.45) is 5.92 Å². The number of carbonyl (C=O) groups is 1. The Morgan fingerprint density at radius 1 is 1.37 bits per heavy atom. The van der Waals surface area contributed by atoms with Crippen LogP contribution in [0.5, 0.6) is 11.5 Å². The van der Waals surface area contributed by atoms with E-state index in [1.165, 1.54) is 7.11 Å². The molecule has 1 rings (SSSR count). The van der Waals surface area contributed by atoms with Gasteiger partial charge in [-0.15, -0.1) is 0 Å². The normalized spacial score (nSPS) is 10.5. The van der Waals surface area contributed by atoms with Crippen LogP contribution < -0.4 is 15.4 Å². The van der Waals surface area contributed by atoms with Gasteiger partial charge >= 0.3 is 0 Å². The second-order valence-electron chi connectivity index (χ2n) is 4.59. The molecule has 0 unspecified atom stereocenters. The van der Waals surface area contributed by atoms with Gasteiger partial charge in [-0.05, 0) is 6.07 Å². The summed E-state index contributed by atoms with van der Waals surface area (Å²) in [5.41, 5.74) is 0.773. The molecule has 0 fully saturated rings. The molecular formula is C14H22N2O3. The molecule has 1 aromatic rings. The molecule has 19 heavy (non-hydrogen) atoms. The van der Waals surface area contributed by atoms with Gasteiger partial charge in [0.1, 0.15) is 0 Å². The van der Waals surface area contributed by atoms with E-state index in [4.69, 9.17) is 4.74 Å². The van der Waals surface area contributed by atoms with Gasteiger partial charge in [-0.25, -0.2) is 0 Å². The summed E-state index contributed by atoms with van der Waals surface area (Å²) in [6.07, 6.45) is 0. The predicted octanol–water partition coefficient (Wildman–Crippen LogP) is 1.26. The number of hydrogen-bond donors (Lipinski definition) is 3. The molecule has 3 N–H and O–H groups in total. The minimum atomic E-state index is 0.00225. The Kier molecular flexibility index (Phi) is 6.15. The second kappa shape index (κ2) is 7.63. The number of phenols is 1. The highest BCUT2D eigenvalue weighted by molar-refractivity contribution is 5.77. The molecule has 0 aromatic heterocycles. The number of ether oxygens (including phenoxy) is 1. The third-order valence-electron chi connectivity index (χ3n) is 2.74. The summed E-state index contributed by atoms with van der Waals surface area (Å²) < 4.78 is 5.04. The maximum Gasteiger partial charge on any atom is 0.222 e. The van der Waals surface area contributed by atoms with E-state index in [-0.39, 0.29) is 17.6 Å². The molecule has 0 spiro atoms. The first-order valence-electron chi connectivity index (χ1n) is 6.39. The summed E-state index contributed by atoms with van der Waals surface area (Å²) in [4.78, 5) is 11.3. The lowest BCUT2D eigenvalue weighted by Gasteiger charge is -2.11. The van der Waals surface area contributed by atoms with Gasteiger partial charge in [0.05, 0.1) is 7.11 Å². The number of rotatable bonds is 7. The van der Waals surface area contributed by atoms with E-state index < -0.39 is 0 Å². The summed E-state index contributed by atoms with van der Waals surface area (Å²) in [5.74, 6) is 0.671. The molecule has 0 radical (unpaired) electrons. The number of nitrogens with one attached hydrogen (secondary N) is 2. The fourth-order valence-electron chi connectivity index (χ4n) is 1.58. The number of phenolic OH excluding ortho intramolecular Hbond substituents is 1. The highest BCUT2D eigenvalue weighted by Crippen LogP contribution is 2.28. The molecule has 1 amide bonds. The first kappa shape index (κ1) is 15.3. The molecule has 0 saturated carbocycles. The SMILES string of the molecule is COc1cccc(CNCCNC(=O)C(C)C)c1O. The zero-order valence-electron chi connectivity index (χ0n) is 11.7. The monoisotopic (exact) mass is 266 g/mol. The average molecular weight is 266 g/mol. The highest BCUT2D eigenvalue weighted by Gasteiger charge is 2.07. The van der Waals surface area contributed by atoms with Gasteiger partial charge in [-0.2, -0.15) is 0 Å². The predicted molar refractivity (Wildman–Crippen MR) is 74.2 cm³/mol. The number of amides is 1. The molecule has 0 aliphatic heterocycles. The number of aromatic hydroxyl groups is 1. The van der Waals surface area contributed by atoms with E-state index in [0.29, 0.717) is 25.4 Å². The molecule has 1 aromatic carbocycles. The molecule has 0 bridgehead atoms. The molecule has 0 aliphatic carbocycles. The minimum Gasteiger partial charge on any atom is -0.504 e. The largest absolute Gasteiger partial charge is 0.504 e. The van der Waals surface area contributed by atoms with Crippen molar-refractivity contribution in [1.82, 2.24) is 10.6 Å². The van der Waals surface area contributed by atoms with Gasteiger partial charge in [0.2, 0.25) is 5.91 Å². The summed E-state index contributed by atoms with van der Waals surface area (Å²) in [5, 5.41) is 15.8. The number of carbonyl (C=O) groups excluding carboxylic acids is 1. The van der Waals surface area contributed by atoms with E-state index in [0.717, 1.165) is 5.56 Å². The molecule has 0 atom stereocenters. The third-order valence-corrected chi connectivity index (χ3v) is 2.74. The third kappa shape index (κ3) is 4.79. The van der Waals surface area contributed by atoms with Gasteiger partial charge in [0.15, 0.2) is 11.5 Å². The summed E-state index contributed by atoms with van der Waals surface area (Å²) >= 11 is 0. The molecule has 5 nitrogen and oxygen atoms in total. The van der Waals surface area contributed by atoms with Crippen LogP contribution in [0.4, 0.5) is 0 Å². The van der Waals surface area contributed by atoms with Crippen LogP contribution in [-0.2, 0) is 11.3 Å². The van der Waals surface area contributed by atoms with Crippen molar-refractivity contribution < 1.29 is 14.6 Å². The van der Waals surface area contributed by atoms with Crippen molar-refractivity contribution >= 4 is 5.91 Å². The topological polar surface area (TPSA) is 70.6 Å². The van der Waals surface area contributed by atoms with Crippen LogP contribution in [0.3, 0.4) is 0 Å². The summed E-state index contributed by atoms with van der Waals surface area (Å²) in [7, 11) is 1.52. The van der Waals surface area contributed by atoms with E-state index in [1.54, 1.807) is 6.07 Å². The Morgan fingerprint density at radius 2 is 2.11 bits per heavy atom. The van der Waals surface area contributed by atoms with E-state index in [9.17, 15) is 9.90 Å². The Labute approximate surface area is 114 Å². The lowest BCUT2D eigenvalue weighted by molar-refractivity contribution is -0.123. The van der Waals surface area contributed by atoms with Crippen molar-refractivity contribution in [2.45, 2.75) is 20.4 Å². The maximum atomic E-state index is 11.3. The lowest BCUT2D eigenvalue weighted by Crippen LogP contribution is -2.34. The fraction of sp³-hybridized carbons (Fsp3) is 0.500. The zero-order valence-corrected chi connectivity index (χ0v) is 11.7. The number of hydrogen-bond acceptors (Lipinski definition) is 4. The minimum absolute atomic E-state index is 0.00225. The summed E-state index contributed by atoms with van der Waals surface area (Å²) in [6, 6.07) is 5.37. The Balaban J connectivity index is 2.32. The summed E-state index contributed by atoms with van der Waals surface area (Å²) in [6.45, 7) is 5.46. The number of benzene rings is 1. The second-order valence-corrected chi connectivity index (χ2v) is 4.59. The Hall–Kier alpha value is -1.75. The van der Waals surface area contributed by atoms with Crippen LogP contribution in [0.25, 0.3) is 0 Å². The van der Waals surface area contributed by atoms with Crippen molar-refractivity contribution in [2.75, 3.05) is 20.2 Å². The standard InChI is InChI=1S/C14H22N2O3/c1-10(2)14(18)16-8-7-15-9-11-5-4-6-12(19-3)13(11)17/h4-6,10,15,17H,7-9H2,1-3H3,(H,16,18). The van der Waals surface area contributed by atoms with Crippen LogP contribution in [0.15, 0.2) is 18.2 Å². The average Bonchev–Trinajstić information content (AvgIpc) is 2.39. The smallest absolute Gasteiger partial charge is 0.222 e. The Bertz CT molecular complexity index is 419. The van der Waals surface area contributed by atoms with Gasteiger partial charge in [0, 0.05) is 31.1 Å². The van der Waals surface area contributed by atoms with Crippen molar-refractivity contribution in [1.29, 1.82) is 0 Å². The van der Waals surface area contributed by atoms with Gasteiger partial charge < -0.3 is 20.5 Å². The lowest BCUT2D eigenvalue weighted by atomic mass is 10.2. The van der Waals surface area contributed by atoms with Crippen LogP contribution in [0.2, 0.25) is 0 Å². The number of methoxy groups -OCH3 is 1. The molecule has 5 heteroatoms. The first-order chi connectivity index (χ1) is 9.06. The molecule has 106 valence electrons. The van der Waals surface area contributed by atoms with E-state index in [2.05, 4.69) is 10.6 Å². The van der Waals surface area contributed by atoms with Crippen LogP contribution in [0, 0.1) is 5.92 Å². The van der Waals surface area contributed by atoms with Crippen LogP contribution >= 0.6 is 0 Å². The number of para-hydroxylation sites is 1. The molecule has 0 heterocycles. The van der Waals surface area contributed by atoms with E-state index >= 15 is 0 Å². The fourth-order valence-corrected chi connectivity index (χ4v) is 1.58. The highest BCUT2D eigenvalue weighted by atomic mass is 16.5. The van der Waals surface area contributed by atoms with Crippen molar-refractivity contribution in [3.05, 3.63) is 23.8 Å². The van der Waals surface area contributed by atoms with E-state index in [1.807, 2.05) is 26.0 Å². The molecule has 0 aliphatic rings. The Morgan fingerprint density at radius 3 is 2.74 bits per heavy atom.